The van der Waals surface area contributed by atoms with Gasteiger partial charge in [0.1, 0.15) is 0 Å². The van der Waals surface area contributed by atoms with Crippen molar-refractivity contribution in [2.24, 2.45) is 5.41 Å². The first-order valence-electron chi connectivity index (χ1n) is 5.72. The Balaban J connectivity index is 3.79. The second-order valence-corrected chi connectivity index (χ2v) is 5.19. The summed E-state index contributed by atoms with van der Waals surface area (Å²) in [5.41, 5.74) is 0.447. The Labute approximate surface area is 84.5 Å². The third-order valence-corrected chi connectivity index (χ3v) is 2.07. The monoisotopic (exact) mass is 185 g/mol. The van der Waals surface area contributed by atoms with E-state index in [-0.39, 0.29) is 0 Å². The van der Waals surface area contributed by atoms with E-state index < -0.39 is 0 Å². The van der Waals surface area contributed by atoms with Crippen LogP contribution < -0.4 is 0 Å². The summed E-state index contributed by atoms with van der Waals surface area (Å²) in [6.07, 6.45) is 3.93. The van der Waals surface area contributed by atoms with E-state index >= 15 is 0 Å². The van der Waals surface area contributed by atoms with Crippen molar-refractivity contribution in [1.29, 1.82) is 0 Å². The first-order chi connectivity index (χ1) is 5.99. The summed E-state index contributed by atoms with van der Waals surface area (Å²) in [5, 5.41) is 0. The number of nitrogens with zero attached hydrogens (tertiary/aromatic N) is 1. The van der Waals surface area contributed by atoms with E-state index in [1.807, 2.05) is 0 Å². The summed E-state index contributed by atoms with van der Waals surface area (Å²) in [7, 11) is 0. The van der Waals surface area contributed by atoms with Gasteiger partial charge in [-0.2, -0.15) is 0 Å². The molecule has 0 radical (unpaired) electrons. The van der Waals surface area contributed by atoms with Gasteiger partial charge in [0.25, 0.3) is 0 Å². The lowest BCUT2D eigenvalue weighted by Crippen LogP contribution is -2.34. The third-order valence-electron chi connectivity index (χ3n) is 2.07. The van der Waals surface area contributed by atoms with E-state index in [1.54, 1.807) is 0 Å². The number of unbranched alkanes of at least 4 members (excludes halogenated alkanes) is 1. The van der Waals surface area contributed by atoms with Crippen molar-refractivity contribution in [2.45, 2.75) is 53.9 Å². The quantitative estimate of drug-likeness (QED) is 0.612. The Kier molecular flexibility index (Phi) is 6.40. The zero-order valence-electron chi connectivity index (χ0n) is 10.2. The van der Waals surface area contributed by atoms with Gasteiger partial charge in [-0.1, -0.05) is 41.0 Å². The number of rotatable bonds is 6. The van der Waals surface area contributed by atoms with Crippen LogP contribution in [0.3, 0.4) is 0 Å². The highest BCUT2D eigenvalue weighted by Gasteiger charge is 2.14. The molecule has 0 aromatic carbocycles. The van der Waals surface area contributed by atoms with Crippen LogP contribution in [0.5, 0.6) is 0 Å². The Hall–Kier alpha value is -0.0400. The van der Waals surface area contributed by atoms with Gasteiger partial charge in [0.15, 0.2) is 0 Å². The van der Waals surface area contributed by atoms with E-state index in [4.69, 9.17) is 0 Å². The molecule has 0 saturated carbocycles. The molecule has 0 aliphatic rings. The van der Waals surface area contributed by atoms with Gasteiger partial charge < -0.3 is 4.90 Å². The maximum atomic E-state index is 2.60. The summed E-state index contributed by atoms with van der Waals surface area (Å²) in [5.74, 6) is 0. The maximum absolute atomic E-state index is 2.60. The minimum Gasteiger partial charge on any atom is -0.303 e. The van der Waals surface area contributed by atoms with Gasteiger partial charge in [0.2, 0.25) is 0 Å². The van der Waals surface area contributed by atoms with Crippen LogP contribution >= 0.6 is 0 Å². The molecule has 0 unspecified atom stereocenters. The Morgan fingerprint density at radius 2 is 1.54 bits per heavy atom. The lowest BCUT2D eigenvalue weighted by atomic mass is 9.96. The first-order valence-corrected chi connectivity index (χ1v) is 5.72. The van der Waals surface area contributed by atoms with E-state index in [2.05, 4.69) is 39.5 Å². The smallest absolute Gasteiger partial charge is 0.00300 e. The van der Waals surface area contributed by atoms with Gasteiger partial charge in [-0.25, -0.2) is 0 Å². The molecular weight excluding hydrogens is 158 g/mol. The average molecular weight is 185 g/mol. The van der Waals surface area contributed by atoms with Crippen LogP contribution in [0.1, 0.15) is 53.9 Å². The summed E-state index contributed by atoms with van der Waals surface area (Å²) in [4.78, 5) is 2.60. The predicted molar refractivity (Wildman–Crippen MR) is 61.1 cm³/mol. The standard InChI is InChI=1S/C12H27N/c1-6-8-10-13(9-7-2)11-12(3,4)5/h6-11H2,1-5H3. The third kappa shape index (κ3) is 8.29. The molecule has 1 nitrogen and oxygen atoms in total. The molecule has 80 valence electrons. The van der Waals surface area contributed by atoms with Crippen LogP contribution in [0.25, 0.3) is 0 Å². The first kappa shape index (κ1) is 13.0. The molecule has 0 N–H and O–H groups in total. The van der Waals surface area contributed by atoms with Crippen LogP contribution in [0.15, 0.2) is 0 Å². The van der Waals surface area contributed by atoms with Crippen molar-refractivity contribution in [2.75, 3.05) is 19.6 Å². The van der Waals surface area contributed by atoms with Crippen molar-refractivity contribution < 1.29 is 0 Å². The highest BCUT2D eigenvalue weighted by molar-refractivity contribution is 4.68. The average Bonchev–Trinajstić information content (AvgIpc) is 1.98. The van der Waals surface area contributed by atoms with Crippen LogP contribution in [-0.4, -0.2) is 24.5 Å². The van der Waals surface area contributed by atoms with Crippen molar-refractivity contribution in [3.8, 4) is 0 Å². The highest BCUT2D eigenvalue weighted by atomic mass is 15.1. The zero-order valence-corrected chi connectivity index (χ0v) is 10.2. The van der Waals surface area contributed by atoms with Crippen LogP contribution in [0, 0.1) is 5.41 Å². The van der Waals surface area contributed by atoms with Gasteiger partial charge >= 0.3 is 0 Å². The lowest BCUT2D eigenvalue weighted by Gasteiger charge is -2.29. The second-order valence-electron chi connectivity index (χ2n) is 5.19. The van der Waals surface area contributed by atoms with Crippen molar-refractivity contribution in [3.05, 3.63) is 0 Å². The molecule has 0 saturated heterocycles. The van der Waals surface area contributed by atoms with Crippen LogP contribution in [0.4, 0.5) is 0 Å². The van der Waals surface area contributed by atoms with Gasteiger partial charge in [-0.05, 0) is 31.3 Å². The van der Waals surface area contributed by atoms with Crippen molar-refractivity contribution >= 4 is 0 Å². The van der Waals surface area contributed by atoms with E-state index in [0.717, 1.165) is 0 Å². The van der Waals surface area contributed by atoms with E-state index in [1.165, 1.54) is 38.9 Å². The minimum atomic E-state index is 0.447. The molecule has 1 heteroatoms. The Bertz CT molecular complexity index is 113. The van der Waals surface area contributed by atoms with Gasteiger partial charge in [-0.15, -0.1) is 0 Å². The van der Waals surface area contributed by atoms with Crippen molar-refractivity contribution in [3.63, 3.8) is 0 Å². The summed E-state index contributed by atoms with van der Waals surface area (Å²) in [6, 6.07) is 0. The van der Waals surface area contributed by atoms with E-state index in [0.29, 0.717) is 5.41 Å². The summed E-state index contributed by atoms with van der Waals surface area (Å²) >= 11 is 0. The molecule has 0 atom stereocenters. The molecule has 0 bridgehead atoms. The normalized spacial score (nSPS) is 12.5. The predicted octanol–water partition coefficient (Wildman–Crippen LogP) is 3.54. The largest absolute Gasteiger partial charge is 0.303 e. The number of hydrogen-bond donors (Lipinski definition) is 0. The highest BCUT2D eigenvalue weighted by Crippen LogP contribution is 2.15. The fourth-order valence-electron chi connectivity index (χ4n) is 1.64. The summed E-state index contributed by atoms with van der Waals surface area (Å²) < 4.78 is 0. The minimum absolute atomic E-state index is 0.447. The number of hydrogen-bond acceptors (Lipinski definition) is 1. The second kappa shape index (κ2) is 6.42. The zero-order chi connectivity index (χ0) is 10.3. The molecule has 0 aliphatic heterocycles. The van der Waals surface area contributed by atoms with Gasteiger partial charge in [0, 0.05) is 6.54 Å². The lowest BCUT2D eigenvalue weighted by molar-refractivity contribution is 0.189. The Morgan fingerprint density at radius 1 is 0.923 bits per heavy atom. The van der Waals surface area contributed by atoms with Gasteiger partial charge in [-0.3, -0.25) is 0 Å². The van der Waals surface area contributed by atoms with Gasteiger partial charge in [0.05, 0.1) is 0 Å². The molecular formula is C12H27N. The van der Waals surface area contributed by atoms with Crippen LogP contribution in [-0.2, 0) is 0 Å². The molecule has 0 heterocycles. The topological polar surface area (TPSA) is 3.24 Å². The SMILES string of the molecule is CCCCN(CCC)CC(C)(C)C. The van der Waals surface area contributed by atoms with Crippen molar-refractivity contribution in [1.82, 2.24) is 4.90 Å². The fourth-order valence-corrected chi connectivity index (χ4v) is 1.64. The molecule has 0 spiro atoms. The van der Waals surface area contributed by atoms with Crippen LogP contribution in [0.2, 0.25) is 0 Å². The van der Waals surface area contributed by atoms with E-state index in [9.17, 15) is 0 Å². The Morgan fingerprint density at radius 3 is 1.92 bits per heavy atom. The fraction of sp³-hybridized carbons (Fsp3) is 1.00. The molecule has 0 fully saturated rings. The molecule has 0 amide bonds. The molecule has 0 aromatic heterocycles. The molecule has 13 heavy (non-hydrogen) atoms. The maximum Gasteiger partial charge on any atom is 0.00300 e. The molecule has 0 rings (SSSR count). The molecule has 0 aromatic rings. The summed E-state index contributed by atoms with van der Waals surface area (Å²) in [6.45, 7) is 15.3. The molecule has 0 aliphatic carbocycles.